The average molecular weight is 757 g/mol. The van der Waals surface area contributed by atoms with Crippen LogP contribution in [-0.4, -0.2) is 91.0 Å². The number of hydrogen-bond acceptors (Lipinski definition) is 12. The normalized spacial score (nSPS) is 15.9. The molecule has 1 fully saturated rings. The molecule has 0 bridgehead atoms. The van der Waals surface area contributed by atoms with Crippen LogP contribution in [0.25, 0.3) is 33.5 Å². The second kappa shape index (κ2) is 18.3. The molecule has 0 radical (unpaired) electrons. The second-order valence-electron chi connectivity index (χ2n) is 13.0. The lowest BCUT2D eigenvalue weighted by molar-refractivity contribution is -0.790. The number of H-pyrrole nitrogens is 1. The quantitative estimate of drug-likeness (QED) is 0.0485. The molecule has 1 atom stereocenters. The zero-order chi connectivity index (χ0) is 38.7. The van der Waals surface area contributed by atoms with E-state index in [0.29, 0.717) is 66.9 Å². The van der Waals surface area contributed by atoms with Gasteiger partial charge in [0, 0.05) is 18.1 Å². The van der Waals surface area contributed by atoms with Gasteiger partial charge >= 0.3 is 12.1 Å². The van der Waals surface area contributed by atoms with Crippen molar-refractivity contribution in [2.24, 2.45) is 5.92 Å². The first-order valence-corrected chi connectivity index (χ1v) is 18.5. The fourth-order valence-electron chi connectivity index (χ4n) is 6.56. The summed E-state index contributed by atoms with van der Waals surface area (Å²) < 4.78 is 23.9. The zero-order valence-corrected chi connectivity index (χ0v) is 31.3. The van der Waals surface area contributed by atoms with Gasteiger partial charge in [0.2, 0.25) is 12.1 Å². The van der Waals surface area contributed by atoms with Gasteiger partial charge in [-0.2, -0.15) is 10.2 Å². The van der Waals surface area contributed by atoms with Crippen molar-refractivity contribution in [1.82, 2.24) is 40.8 Å². The molecule has 0 saturated heterocycles. The van der Waals surface area contributed by atoms with Gasteiger partial charge in [-0.15, -0.1) is 15.2 Å². The molecule has 1 unspecified atom stereocenters. The van der Waals surface area contributed by atoms with Gasteiger partial charge in [-0.05, 0) is 86.4 Å². The van der Waals surface area contributed by atoms with Gasteiger partial charge in [-0.3, -0.25) is 4.57 Å². The van der Waals surface area contributed by atoms with Gasteiger partial charge in [-0.25, -0.2) is 14.4 Å². The Morgan fingerprint density at radius 1 is 0.964 bits per heavy atom. The zero-order valence-electron chi connectivity index (χ0n) is 31.3. The molecule has 17 heteroatoms. The Labute approximate surface area is 317 Å². The largest absolute Gasteiger partial charge is 0.511 e. The average Bonchev–Trinajstić information content (AvgIpc) is 3.86. The van der Waals surface area contributed by atoms with Crippen molar-refractivity contribution < 1.29 is 38.4 Å². The lowest BCUT2D eigenvalue weighted by atomic mass is 9.88. The Balaban J connectivity index is 1.05. The third kappa shape index (κ3) is 9.53. The number of aromatic nitrogens is 6. The van der Waals surface area contributed by atoms with Crippen LogP contribution < -0.4 is 10.3 Å². The number of aromatic amines is 1. The minimum absolute atomic E-state index is 0.109. The van der Waals surface area contributed by atoms with Gasteiger partial charge < -0.3 is 18.9 Å². The maximum atomic E-state index is 13.6. The number of imidazole rings is 1. The molecule has 17 nitrogen and oxygen atoms in total. The summed E-state index contributed by atoms with van der Waals surface area (Å²) in [5, 5.41) is 16.0. The highest BCUT2D eigenvalue weighted by atomic mass is 16.8. The van der Waals surface area contributed by atoms with Gasteiger partial charge in [-0.1, -0.05) is 54.6 Å². The highest BCUT2D eigenvalue weighted by Gasteiger charge is 2.28. The molecule has 0 amide bonds. The Hall–Kier alpha value is -6.10. The molecular weight excluding hydrogens is 710 g/mol. The van der Waals surface area contributed by atoms with E-state index < -0.39 is 18.4 Å². The third-order valence-electron chi connectivity index (χ3n) is 9.39. The van der Waals surface area contributed by atoms with Crippen molar-refractivity contribution in [2.45, 2.75) is 72.3 Å². The fourth-order valence-corrected chi connectivity index (χ4v) is 6.56. The van der Waals surface area contributed by atoms with Crippen LogP contribution in [0.3, 0.4) is 0 Å². The topological polar surface area (TPSA) is 188 Å². The van der Waals surface area contributed by atoms with Crippen LogP contribution in [-0.2, 0) is 25.6 Å². The number of para-hydroxylation sites is 1. The number of hydrogen-bond donors (Lipinski definition) is 2. The predicted octanol–water partition coefficient (Wildman–Crippen LogP) is 6.02. The molecule has 3 aromatic carbocycles. The molecule has 290 valence electrons. The number of ether oxygens (including phenoxy) is 4. The number of nitrogens with one attached hydrogen (secondary N) is 2. The van der Waals surface area contributed by atoms with E-state index in [9.17, 15) is 14.5 Å². The Morgan fingerprint density at radius 3 is 2.40 bits per heavy atom. The smallest absolute Gasteiger partial charge is 0.465 e. The summed E-state index contributed by atoms with van der Waals surface area (Å²) in [7, 11) is 0. The molecule has 2 aromatic heterocycles. The van der Waals surface area contributed by atoms with Crippen molar-refractivity contribution in [1.29, 1.82) is 0 Å². The van der Waals surface area contributed by atoms with Crippen molar-refractivity contribution in [3.8, 4) is 28.5 Å². The highest BCUT2D eigenvalue weighted by Crippen LogP contribution is 2.32. The number of nitroso groups, excluding NO2 is 1. The Bertz CT molecular complexity index is 2040. The maximum absolute atomic E-state index is 13.6. The van der Waals surface area contributed by atoms with Crippen LogP contribution in [0.5, 0.6) is 6.01 Å². The van der Waals surface area contributed by atoms with Gasteiger partial charge in [0.1, 0.15) is 0 Å². The minimum atomic E-state index is -1.23. The van der Waals surface area contributed by atoms with Gasteiger partial charge in [0.05, 0.1) is 60.5 Å². The van der Waals surface area contributed by atoms with E-state index in [2.05, 4.69) is 31.2 Å². The van der Waals surface area contributed by atoms with Crippen LogP contribution in [0, 0.1) is 10.8 Å². The molecule has 1 aliphatic carbocycles. The summed E-state index contributed by atoms with van der Waals surface area (Å²) >= 11 is 0. The standard InChI is InChI=1S/C38H46N9O8/c1-5-45(6-2)47(50)44-55-29-21-17-27(18-22-29)24-52-38(49)54-25(4)53-36(48)32-13-10-14-33-34(32)46(37(39-33)51-7-3)23-26-15-19-28(20-16-26)30-11-8-9-12-31(30)35-40-42-43-41-35/h8-16,19-20,25,27,29H,5-7,17-18,21-24H2,1-4H3,(H,44,50)(H,40,41,42,43)/q+1. The van der Waals surface area contributed by atoms with E-state index in [1.165, 1.54) is 6.92 Å². The SMILES string of the molecule is CCOc1nc2cccc(C(=O)OC(C)OC(=O)OCC3CCC(ON[N+](=O)N(CC)CC)CC3)c2n1Cc1ccc(-c2ccccc2-c2nn[nH]n2)cc1. The number of nitrogens with zero attached hydrogens (tertiary/aromatic N) is 7. The summed E-state index contributed by atoms with van der Waals surface area (Å²) in [6, 6.07) is 21.3. The van der Waals surface area contributed by atoms with E-state index in [4.69, 9.17) is 23.8 Å². The molecule has 0 aliphatic heterocycles. The highest BCUT2D eigenvalue weighted by molar-refractivity contribution is 6.02. The lowest BCUT2D eigenvalue weighted by Crippen LogP contribution is -2.44. The van der Waals surface area contributed by atoms with Crippen molar-refractivity contribution >= 4 is 23.2 Å². The van der Waals surface area contributed by atoms with E-state index in [1.807, 2.05) is 73.9 Å². The number of esters is 1. The second-order valence-corrected chi connectivity index (χ2v) is 13.0. The molecule has 5 aromatic rings. The van der Waals surface area contributed by atoms with E-state index in [-0.39, 0.29) is 24.2 Å². The molecule has 6 rings (SSSR count). The molecule has 55 heavy (non-hydrogen) atoms. The first kappa shape index (κ1) is 38.6. The van der Waals surface area contributed by atoms with E-state index in [1.54, 1.807) is 23.2 Å². The number of fused-ring (bicyclic) bond motifs is 1. The summed E-state index contributed by atoms with van der Waals surface area (Å²) in [6.45, 7) is 9.07. The fraction of sp³-hybridized carbons (Fsp3) is 0.421. The number of rotatable bonds is 17. The first-order valence-electron chi connectivity index (χ1n) is 18.5. The summed E-state index contributed by atoms with van der Waals surface area (Å²) in [4.78, 5) is 49.0. The lowest BCUT2D eigenvalue weighted by Gasteiger charge is -2.26. The number of hydrazine groups is 2. The third-order valence-corrected chi connectivity index (χ3v) is 9.39. The Morgan fingerprint density at radius 2 is 1.71 bits per heavy atom. The number of tetrazole rings is 1. The summed E-state index contributed by atoms with van der Waals surface area (Å²) in [5.41, 5.74) is 7.45. The van der Waals surface area contributed by atoms with Gasteiger partial charge in [0.15, 0.2) is 0 Å². The van der Waals surface area contributed by atoms with E-state index >= 15 is 0 Å². The van der Waals surface area contributed by atoms with Crippen LogP contribution in [0.2, 0.25) is 0 Å². The number of carbonyl (C=O) groups excluding carboxylic acids is 2. The molecule has 1 saturated carbocycles. The van der Waals surface area contributed by atoms with Crippen molar-refractivity contribution in [3.63, 3.8) is 0 Å². The van der Waals surface area contributed by atoms with Crippen LogP contribution in [0.15, 0.2) is 66.7 Å². The molecule has 1 aliphatic rings. The summed E-state index contributed by atoms with van der Waals surface area (Å²) in [5.74, 6) is -0.0907. The predicted molar refractivity (Wildman–Crippen MR) is 199 cm³/mol. The van der Waals surface area contributed by atoms with E-state index in [0.717, 1.165) is 35.1 Å². The maximum Gasteiger partial charge on any atom is 0.511 e. The Kier molecular flexibility index (Phi) is 12.8. The van der Waals surface area contributed by atoms with Gasteiger partial charge in [0.25, 0.3) is 11.0 Å². The van der Waals surface area contributed by atoms with Crippen molar-refractivity contribution in [3.05, 3.63) is 82.8 Å². The van der Waals surface area contributed by atoms with Crippen LogP contribution >= 0.6 is 0 Å². The number of carbonyl (C=O) groups is 2. The molecule has 0 spiro atoms. The summed E-state index contributed by atoms with van der Waals surface area (Å²) in [6.07, 6.45) is 0.601. The first-order chi connectivity index (χ1) is 26.8. The van der Waals surface area contributed by atoms with Crippen LogP contribution in [0.1, 0.15) is 69.3 Å². The molecule has 2 heterocycles. The van der Waals surface area contributed by atoms with Crippen LogP contribution in [0.4, 0.5) is 4.79 Å². The molecular formula is C38H46N9O8+. The minimum Gasteiger partial charge on any atom is -0.465 e. The molecule has 2 N–H and O–H groups in total. The number of benzene rings is 3. The van der Waals surface area contributed by atoms with Crippen molar-refractivity contribution in [2.75, 3.05) is 26.3 Å². The monoisotopic (exact) mass is 756 g/mol.